The van der Waals surface area contributed by atoms with Crippen molar-refractivity contribution in [3.05, 3.63) is 65.1 Å². The van der Waals surface area contributed by atoms with Crippen LogP contribution in [0.25, 0.3) is 0 Å². The zero-order valence-electron chi connectivity index (χ0n) is 19.5. The number of carboxylic acid groups (broad SMARTS) is 1. The van der Waals surface area contributed by atoms with Crippen LogP contribution in [0.5, 0.6) is 0 Å². The van der Waals surface area contributed by atoms with Gasteiger partial charge in [-0.1, -0.05) is 69.1 Å². The smallest absolute Gasteiger partial charge is 0.418 e. The normalized spacial score (nSPS) is 12.0. The Morgan fingerprint density at radius 3 is 2.60 bits per heavy atom. The maximum Gasteiger partial charge on any atom is 0.418 e. The van der Waals surface area contributed by atoms with Crippen molar-refractivity contribution in [1.82, 2.24) is 4.98 Å². The number of halogens is 4. The van der Waals surface area contributed by atoms with E-state index in [2.05, 4.69) is 23.5 Å². The number of hydrogen-bond donors (Lipinski definition) is 1. The van der Waals surface area contributed by atoms with E-state index in [0.29, 0.717) is 22.7 Å². The van der Waals surface area contributed by atoms with Crippen LogP contribution in [0.4, 0.5) is 33.2 Å². The molecule has 0 radical (unpaired) electrons. The van der Waals surface area contributed by atoms with Crippen LogP contribution in [0.15, 0.2) is 48.1 Å². The third kappa shape index (κ3) is 8.61. The van der Waals surface area contributed by atoms with E-state index >= 15 is 0 Å². The van der Waals surface area contributed by atoms with Crippen molar-refractivity contribution >= 4 is 34.5 Å². The van der Waals surface area contributed by atoms with Gasteiger partial charge in [0.25, 0.3) is 0 Å². The maximum atomic E-state index is 14.4. The number of alkyl halides is 3. The first-order valence-corrected chi connectivity index (χ1v) is 12.2. The van der Waals surface area contributed by atoms with Gasteiger partial charge in [0, 0.05) is 18.8 Å². The van der Waals surface area contributed by atoms with E-state index in [9.17, 15) is 27.5 Å². The minimum Gasteiger partial charge on any atom is -0.464 e. The van der Waals surface area contributed by atoms with Gasteiger partial charge in [-0.25, -0.2) is 14.7 Å². The molecule has 10 heteroatoms. The molecule has 5 nitrogen and oxygen atoms in total. The Balaban J connectivity index is 2.28. The van der Waals surface area contributed by atoms with Crippen LogP contribution < -0.4 is 4.90 Å². The molecule has 1 aromatic carbocycles. The van der Waals surface area contributed by atoms with Crippen LogP contribution in [0, 0.1) is 5.13 Å². The lowest BCUT2D eigenvalue weighted by molar-refractivity contribution is -0.138. The fourth-order valence-electron chi connectivity index (χ4n) is 3.44. The molecule has 0 unspecified atom stereocenters. The van der Waals surface area contributed by atoms with Crippen molar-refractivity contribution in [3.8, 4) is 0 Å². The van der Waals surface area contributed by atoms with Crippen molar-refractivity contribution < 1.29 is 27.5 Å². The Labute approximate surface area is 206 Å². The predicted octanol–water partition coefficient (Wildman–Crippen LogP) is 8.33. The van der Waals surface area contributed by atoms with Crippen LogP contribution in [-0.4, -0.2) is 22.4 Å². The highest BCUT2D eigenvalue weighted by molar-refractivity contribution is 7.14. The molecule has 0 saturated heterocycles. The highest BCUT2D eigenvalue weighted by Gasteiger charge is 2.35. The van der Waals surface area contributed by atoms with E-state index < -0.39 is 23.0 Å². The van der Waals surface area contributed by atoms with Crippen LogP contribution >= 0.6 is 11.3 Å². The molecule has 190 valence electrons. The molecule has 0 saturated carbocycles. The van der Waals surface area contributed by atoms with Gasteiger partial charge >= 0.3 is 12.3 Å². The molecule has 0 atom stereocenters. The SMILES string of the molecule is C=C/C=C\N=C/Cc1nc(N(C(=O)O)c2ccc(CCCCCCCC)c(C(F)(F)F)c2)sc1F. The molecule has 1 aromatic heterocycles. The second kappa shape index (κ2) is 13.8. The zero-order chi connectivity index (χ0) is 25.8. The van der Waals surface area contributed by atoms with Crippen LogP contribution in [0.1, 0.15) is 62.3 Å². The number of thiazole rings is 1. The number of nitrogens with zero attached hydrogens (tertiary/aromatic N) is 3. The lowest BCUT2D eigenvalue weighted by atomic mass is 9.99. The number of amides is 1. The standard InChI is InChI=1S/C25H29F4N3O2S/c1-3-5-7-8-9-10-11-18-12-13-19(17-20(18)25(27,28)29)32(24(33)34)23-31-21(22(26)35-23)14-16-30-15-6-4-2/h4,6,12-13,15-17H,2-3,5,7-11,14H2,1H3,(H,33,34)/b15-6-,30-16-. The van der Waals surface area contributed by atoms with Gasteiger partial charge in [-0.15, -0.1) is 0 Å². The summed E-state index contributed by atoms with van der Waals surface area (Å²) in [6.45, 7) is 5.58. The number of anilines is 2. The third-order valence-electron chi connectivity index (χ3n) is 5.18. The van der Waals surface area contributed by atoms with Crippen molar-refractivity contribution in [1.29, 1.82) is 0 Å². The minimum absolute atomic E-state index is 0.0116. The van der Waals surface area contributed by atoms with Gasteiger partial charge in [0.1, 0.15) is 0 Å². The molecular formula is C25H29F4N3O2S. The molecule has 0 aliphatic heterocycles. The number of unbranched alkanes of at least 4 members (excludes halogenated alkanes) is 5. The Hall–Kier alpha value is -3.01. The Kier molecular flexibility index (Phi) is 11.1. The first-order chi connectivity index (χ1) is 16.7. The summed E-state index contributed by atoms with van der Waals surface area (Å²) >= 11 is 0.445. The summed E-state index contributed by atoms with van der Waals surface area (Å²) in [7, 11) is 0. The molecule has 2 aromatic rings. The van der Waals surface area contributed by atoms with Crippen molar-refractivity contribution in [3.63, 3.8) is 0 Å². The van der Waals surface area contributed by atoms with Crippen LogP contribution in [0.2, 0.25) is 0 Å². The lowest BCUT2D eigenvalue weighted by Crippen LogP contribution is -2.24. The number of carbonyl (C=O) groups is 1. The van der Waals surface area contributed by atoms with E-state index in [1.165, 1.54) is 30.6 Å². The molecule has 1 N–H and O–H groups in total. The van der Waals surface area contributed by atoms with E-state index in [0.717, 1.165) is 38.2 Å². The van der Waals surface area contributed by atoms with Gasteiger partial charge in [0.2, 0.25) is 10.3 Å². The predicted molar refractivity (Wildman–Crippen MR) is 132 cm³/mol. The molecular weight excluding hydrogens is 482 g/mol. The lowest BCUT2D eigenvalue weighted by Gasteiger charge is -2.20. The molecule has 0 aliphatic carbocycles. The summed E-state index contributed by atoms with van der Waals surface area (Å²) in [5, 5.41) is 8.69. The van der Waals surface area contributed by atoms with E-state index in [4.69, 9.17) is 0 Å². The van der Waals surface area contributed by atoms with Gasteiger partial charge in [0.05, 0.1) is 16.9 Å². The van der Waals surface area contributed by atoms with Crippen molar-refractivity contribution in [2.75, 3.05) is 4.90 Å². The van der Waals surface area contributed by atoms with Crippen molar-refractivity contribution in [2.45, 2.75) is 64.5 Å². The average Bonchev–Trinajstić information content (AvgIpc) is 3.15. The summed E-state index contributed by atoms with van der Waals surface area (Å²) in [6.07, 6.45) is 5.55. The summed E-state index contributed by atoms with van der Waals surface area (Å²) in [5.41, 5.74) is -1.09. The Bertz CT molecular complexity index is 1050. The summed E-state index contributed by atoms with van der Waals surface area (Å²) in [5.74, 6) is 0. The first-order valence-electron chi connectivity index (χ1n) is 11.4. The van der Waals surface area contributed by atoms with Gasteiger partial charge in [0.15, 0.2) is 0 Å². The Morgan fingerprint density at radius 2 is 1.94 bits per heavy atom. The topological polar surface area (TPSA) is 65.8 Å². The molecule has 0 spiro atoms. The fraction of sp³-hybridized carbons (Fsp3) is 0.400. The number of aromatic nitrogens is 1. The molecule has 0 fully saturated rings. The van der Waals surface area contributed by atoms with E-state index in [1.807, 2.05) is 0 Å². The monoisotopic (exact) mass is 511 g/mol. The van der Waals surface area contributed by atoms with Gasteiger partial charge < -0.3 is 5.11 Å². The Morgan fingerprint density at radius 1 is 1.23 bits per heavy atom. The quantitative estimate of drug-likeness (QED) is 0.127. The van der Waals surface area contributed by atoms with E-state index in [-0.39, 0.29) is 34.9 Å². The number of aryl methyl sites for hydroxylation is 1. The minimum atomic E-state index is -4.66. The van der Waals surface area contributed by atoms with Crippen LogP contribution in [-0.2, 0) is 19.0 Å². The second-order valence-electron chi connectivity index (χ2n) is 7.80. The van der Waals surface area contributed by atoms with Crippen molar-refractivity contribution in [2.24, 2.45) is 4.99 Å². The molecule has 1 amide bonds. The van der Waals surface area contributed by atoms with E-state index in [1.54, 1.807) is 6.08 Å². The largest absolute Gasteiger partial charge is 0.464 e. The molecule has 0 aliphatic rings. The van der Waals surface area contributed by atoms with Gasteiger partial charge in [-0.2, -0.15) is 17.6 Å². The average molecular weight is 512 g/mol. The zero-order valence-corrected chi connectivity index (χ0v) is 20.3. The number of allylic oxidation sites excluding steroid dienone is 2. The molecule has 0 bridgehead atoms. The molecule has 1 heterocycles. The third-order valence-corrected chi connectivity index (χ3v) is 6.05. The first kappa shape index (κ1) is 28.2. The maximum absolute atomic E-state index is 14.4. The number of benzene rings is 1. The van der Waals surface area contributed by atoms with Crippen LogP contribution in [0.3, 0.4) is 0 Å². The summed E-state index contributed by atoms with van der Waals surface area (Å²) < 4.78 is 55.8. The highest BCUT2D eigenvalue weighted by atomic mass is 32.1. The molecule has 35 heavy (non-hydrogen) atoms. The second-order valence-corrected chi connectivity index (χ2v) is 8.73. The number of rotatable bonds is 13. The number of hydrogen-bond acceptors (Lipinski definition) is 4. The van der Waals surface area contributed by atoms with Gasteiger partial charge in [-0.05, 0) is 36.6 Å². The molecule has 2 rings (SSSR count). The summed E-state index contributed by atoms with van der Waals surface area (Å²) in [4.78, 5) is 20.4. The summed E-state index contributed by atoms with van der Waals surface area (Å²) in [6, 6.07) is 3.39. The highest BCUT2D eigenvalue weighted by Crippen LogP contribution is 2.38. The number of aliphatic imine (C=N–C) groups is 1. The fourth-order valence-corrected chi connectivity index (χ4v) is 4.27. The van der Waals surface area contributed by atoms with Gasteiger partial charge in [-0.3, -0.25) is 4.99 Å².